The van der Waals surface area contributed by atoms with Crippen molar-refractivity contribution in [2.75, 3.05) is 13.2 Å². The van der Waals surface area contributed by atoms with Crippen LogP contribution in [0.15, 0.2) is 19.6 Å². The molecule has 0 unspecified atom stereocenters. The Labute approximate surface area is 86.3 Å². The lowest BCUT2D eigenvalue weighted by molar-refractivity contribution is -0.0593. The Morgan fingerprint density at radius 1 is 1.25 bits per heavy atom. The molecular weight excluding hydrogens is 292 g/mol. The lowest BCUT2D eigenvalue weighted by Gasteiger charge is -2.03. The van der Waals surface area contributed by atoms with Gasteiger partial charge in [-0.3, -0.25) is 0 Å². The van der Waals surface area contributed by atoms with Crippen molar-refractivity contribution < 1.29 is 13.9 Å². The molecule has 0 atom stereocenters. The largest absolute Gasteiger partial charge is 0.448 e. The van der Waals surface area contributed by atoms with Crippen molar-refractivity contribution in [1.82, 2.24) is 0 Å². The molecule has 5 heteroatoms. The highest BCUT2D eigenvalue weighted by Gasteiger charge is 2.22. The van der Waals surface area contributed by atoms with Crippen molar-refractivity contribution in [2.45, 2.75) is 6.29 Å². The van der Waals surface area contributed by atoms with Gasteiger partial charge in [0.2, 0.25) is 6.29 Å². The summed E-state index contributed by atoms with van der Waals surface area (Å²) in [6.45, 7) is 1.25. The zero-order valence-electron chi connectivity index (χ0n) is 6.05. The van der Waals surface area contributed by atoms with Gasteiger partial charge in [-0.15, -0.1) is 0 Å². The van der Waals surface area contributed by atoms with Gasteiger partial charge in [-0.1, -0.05) is 0 Å². The highest BCUT2D eigenvalue weighted by Crippen LogP contribution is 2.33. The minimum absolute atomic E-state index is 0.340. The molecule has 0 spiro atoms. The maximum absolute atomic E-state index is 5.32. The van der Waals surface area contributed by atoms with Crippen molar-refractivity contribution in [3.05, 3.63) is 21.0 Å². The van der Waals surface area contributed by atoms with Gasteiger partial charge in [0.1, 0.15) is 0 Å². The highest BCUT2D eigenvalue weighted by molar-refractivity contribution is 9.13. The van der Waals surface area contributed by atoms with Crippen LogP contribution < -0.4 is 0 Å². The van der Waals surface area contributed by atoms with Crippen molar-refractivity contribution in [3.8, 4) is 0 Å². The first-order chi connectivity index (χ1) is 5.77. The van der Waals surface area contributed by atoms with Crippen LogP contribution in [0.5, 0.6) is 0 Å². The summed E-state index contributed by atoms with van der Waals surface area (Å²) in [4.78, 5) is 0. The molecule has 0 radical (unpaired) electrons. The number of hydrogen-bond acceptors (Lipinski definition) is 3. The van der Waals surface area contributed by atoms with E-state index in [2.05, 4.69) is 31.9 Å². The fraction of sp³-hybridized carbons (Fsp3) is 0.429. The molecule has 1 saturated heterocycles. The molecular formula is C7H6Br2O3. The molecule has 2 rings (SSSR count). The molecule has 0 amide bonds. The van der Waals surface area contributed by atoms with E-state index in [9.17, 15) is 0 Å². The van der Waals surface area contributed by atoms with E-state index in [-0.39, 0.29) is 6.29 Å². The molecule has 0 saturated carbocycles. The highest BCUT2D eigenvalue weighted by atomic mass is 79.9. The molecule has 0 bridgehead atoms. The van der Waals surface area contributed by atoms with Crippen molar-refractivity contribution in [3.63, 3.8) is 0 Å². The summed E-state index contributed by atoms with van der Waals surface area (Å²) in [5.74, 6) is 0.686. The SMILES string of the molecule is Brc1cc(C2OCCO2)oc1Br. The molecule has 1 fully saturated rings. The number of halogens is 2. The minimum Gasteiger partial charge on any atom is -0.448 e. The molecule has 3 nitrogen and oxygen atoms in total. The predicted molar refractivity (Wildman–Crippen MR) is 48.8 cm³/mol. The van der Waals surface area contributed by atoms with Gasteiger partial charge in [0.25, 0.3) is 0 Å². The second-order valence-electron chi connectivity index (χ2n) is 2.34. The maximum Gasteiger partial charge on any atom is 0.217 e. The normalized spacial score (nSPS) is 18.8. The second kappa shape index (κ2) is 3.49. The van der Waals surface area contributed by atoms with Crippen LogP contribution in [0.4, 0.5) is 0 Å². The molecule has 1 aliphatic heterocycles. The van der Waals surface area contributed by atoms with Gasteiger partial charge < -0.3 is 13.9 Å². The molecule has 2 heterocycles. The summed E-state index contributed by atoms with van der Waals surface area (Å²) in [7, 11) is 0. The lowest BCUT2D eigenvalue weighted by atomic mass is 10.4. The van der Waals surface area contributed by atoms with E-state index in [1.807, 2.05) is 6.07 Å². The number of rotatable bonds is 1. The van der Waals surface area contributed by atoms with Gasteiger partial charge in [0.15, 0.2) is 10.4 Å². The lowest BCUT2D eigenvalue weighted by Crippen LogP contribution is -1.94. The molecule has 1 aromatic heterocycles. The summed E-state index contributed by atoms with van der Waals surface area (Å²) >= 11 is 6.55. The van der Waals surface area contributed by atoms with Crippen LogP contribution in [0.1, 0.15) is 12.1 Å². The molecule has 12 heavy (non-hydrogen) atoms. The van der Waals surface area contributed by atoms with Crippen LogP contribution >= 0.6 is 31.9 Å². The number of ether oxygens (including phenoxy) is 2. The fourth-order valence-corrected chi connectivity index (χ4v) is 1.61. The zero-order valence-corrected chi connectivity index (χ0v) is 9.22. The van der Waals surface area contributed by atoms with Crippen LogP contribution in [-0.2, 0) is 9.47 Å². The predicted octanol–water partition coefficient (Wildman–Crippen LogP) is 2.85. The topological polar surface area (TPSA) is 31.6 Å². The van der Waals surface area contributed by atoms with E-state index >= 15 is 0 Å². The standard InChI is InChI=1S/C7H6Br2O3/c8-4-3-5(12-6(4)9)7-10-1-2-11-7/h3,7H,1-2H2. The average Bonchev–Trinajstić information content (AvgIpc) is 2.61. The average molecular weight is 298 g/mol. The first kappa shape index (κ1) is 8.74. The Morgan fingerprint density at radius 3 is 2.42 bits per heavy atom. The van der Waals surface area contributed by atoms with Gasteiger partial charge in [0.05, 0.1) is 17.7 Å². The second-order valence-corrected chi connectivity index (χ2v) is 3.92. The fourth-order valence-electron chi connectivity index (χ4n) is 1.00. The third-order valence-electron chi connectivity index (χ3n) is 1.52. The Morgan fingerprint density at radius 2 is 1.92 bits per heavy atom. The molecule has 0 aromatic carbocycles. The number of hydrogen-bond donors (Lipinski definition) is 0. The van der Waals surface area contributed by atoms with Gasteiger partial charge >= 0.3 is 0 Å². The van der Waals surface area contributed by atoms with Crippen molar-refractivity contribution >= 4 is 31.9 Å². The van der Waals surface area contributed by atoms with Crippen LogP contribution in [-0.4, -0.2) is 13.2 Å². The quantitative estimate of drug-likeness (QED) is 0.799. The monoisotopic (exact) mass is 296 g/mol. The van der Waals surface area contributed by atoms with E-state index < -0.39 is 0 Å². The van der Waals surface area contributed by atoms with E-state index in [0.717, 1.165) is 4.47 Å². The van der Waals surface area contributed by atoms with Gasteiger partial charge in [0, 0.05) is 6.07 Å². The molecule has 1 aliphatic rings. The van der Waals surface area contributed by atoms with E-state index in [1.165, 1.54) is 0 Å². The molecule has 1 aromatic rings. The third-order valence-corrected chi connectivity index (χ3v) is 3.23. The van der Waals surface area contributed by atoms with Crippen LogP contribution in [0.25, 0.3) is 0 Å². The van der Waals surface area contributed by atoms with E-state index in [4.69, 9.17) is 13.9 Å². The summed E-state index contributed by atoms with van der Waals surface area (Å²) in [6.07, 6.45) is -0.340. The molecule has 66 valence electrons. The Hall–Kier alpha value is 0.160. The molecule has 0 N–H and O–H groups in total. The summed E-state index contributed by atoms with van der Waals surface area (Å²) in [5.41, 5.74) is 0. The number of furan rings is 1. The Balaban J connectivity index is 2.21. The summed E-state index contributed by atoms with van der Waals surface area (Å²) in [5, 5.41) is 0. The molecule has 0 aliphatic carbocycles. The zero-order chi connectivity index (χ0) is 8.55. The maximum atomic E-state index is 5.32. The van der Waals surface area contributed by atoms with Crippen LogP contribution in [0.2, 0.25) is 0 Å². The minimum atomic E-state index is -0.340. The van der Waals surface area contributed by atoms with Crippen LogP contribution in [0, 0.1) is 0 Å². The van der Waals surface area contributed by atoms with E-state index in [1.54, 1.807) is 0 Å². The first-order valence-electron chi connectivity index (χ1n) is 3.45. The van der Waals surface area contributed by atoms with Crippen LogP contribution in [0.3, 0.4) is 0 Å². The van der Waals surface area contributed by atoms with E-state index in [0.29, 0.717) is 23.6 Å². The van der Waals surface area contributed by atoms with Crippen molar-refractivity contribution in [2.24, 2.45) is 0 Å². The van der Waals surface area contributed by atoms with Gasteiger partial charge in [-0.25, -0.2) is 0 Å². The van der Waals surface area contributed by atoms with Gasteiger partial charge in [-0.05, 0) is 31.9 Å². The summed E-state index contributed by atoms with van der Waals surface area (Å²) < 4.78 is 17.4. The van der Waals surface area contributed by atoms with Crippen molar-refractivity contribution in [1.29, 1.82) is 0 Å². The van der Waals surface area contributed by atoms with Gasteiger partial charge in [-0.2, -0.15) is 0 Å². The summed E-state index contributed by atoms with van der Waals surface area (Å²) in [6, 6.07) is 1.83. The third kappa shape index (κ3) is 1.59. The first-order valence-corrected chi connectivity index (χ1v) is 5.04. The Bertz CT molecular complexity index is 259. The Kier molecular flexibility index (Phi) is 2.55. The smallest absolute Gasteiger partial charge is 0.217 e.